The maximum Gasteiger partial charge on any atom is 0.271 e. The number of amides is 1. The summed E-state index contributed by atoms with van der Waals surface area (Å²) in [5, 5.41) is 5.67. The van der Waals surface area contributed by atoms with E-state index < -0.39 is 0 Å². The van der Waals surface area contributed by atoms with E-state index in [9.17, 15) is 4.79 Å². The molecule has 0 saturated heterocycles. The summed E-state index contributed by atoms with van der Waals surface area (Å²) in [5.41, 5.74) is 2.55. The van der Waals surface area contributed by atoms with Crippen LogP contribution in [0.5, 0.6) is 0 Å². The maximum atomic E-state index is 11.9. The van der Waals surface area contributed by atoms with Gasteiger partial charge in [-0.1, -0.05) is 29.8 Å². The first-order valence-corrected chi connectivity index (χ1v) is 6.02. The molecular formula is C14H16N4O. The highest BCUT2D eigenvalue weighted by molar-refractivity contribution is 5.91. The number of hydrogen-bond acceptors (Lipinski definition) is 4. The Balaban J connectivity index is 1.97. The van der Waals surface area contributed by atoms with E-state index in [2.05, 4.69) is 20.6 Å². The van der Waals surface area contributed by atoms with Crippen LogP contribution >= 0.6 is 0 Å². The van der Waals surface area contributed by atoms with Crippen LogP contribution in [-0.4, -0.2) is 22.9 Å². The monoisotopic (exact) mass is 256 g/mol. The standard InChI is InChI=1S/C14H16N4O/c1-10-4-3-5-11(6-10)7-18-14(19)12-8-17-13(15-2)9-16-12/h3-6,8-9H,7H2,1-2H3,(H,15,17)(H,18,19). The lowest BCUT2D eigenvalue weighted by Crippen LogP contribution is -2.24. The molecule has 0 spiro atoms. The SMILES string of the molecule is CNc1cnc(C(=O)NCc2cccc(C)c2)cn1. The van der Waals surface area contributed by atoms with E-state index in [0.29, 0.717) is 18.1 Å². The van der Waals surface area contributed by atoms with Crippen molar-refractivity contribution in [3.8, 4) is 0 Å². The predicted molar refractivity (Wildman–Crippen MR) is 73.9 cm³/mol. The van der Waals surface area contributed by atoms with Crippen LogP contribution in [0.1, 0.15) is 21.6 Å². The lowest BCUT2D eigenvalue weighted by Gasteiger charge is -2.06. The molecule has 0 aliphatic rings. The average Bonchev–Trinajstić information content (AvgIpc) is 2.45. The number of nitrogens with one attached hydrogen (secondary N) is 2. The molecule has 0 unspecified atom stereocenters. The molecule has 2 N–H and O–H groups in total. The molecule has 1 amide bonds. The third kappa shape index (κ3) is 3.51. The summed E-state index contributed by atoms with van der Waals surface area (Å²) in [7, 11) is 1.75. The first-order chi connectivity index (χ1) is 9.19. The second-order valence-electron chi connectivity index (χ2n) is 4.21. The molecule has 5 nitrogen and oxygen atoms in total. The van der Waals surface area contributed by atoms with Gasteiger partial charge in [0.1, 0.15) is 11.5 Å². The van der Waals surface area contributed by atoms with Crippen molar-refractivity contribution in [2.75, 3.05) is 12.4 Å². The van der Waals surface area contributed by atoms with Gasteiger partial charge in [-0.25, -0.2) is 9.97 Å². The van der Waals surface area contributed by atoms with Crippen molar-refractivity contribution >= 4 is 11.7 Å². The Morgan fingerprint density at radius 1 is 1.26 bits per heavy atom. The molecule has 2 rings (SSSR count). The van der Waals surface area contributed by atoms with E-state index in [0.717, 1.165) is 5.56 Å². The van der Waals surface area contributed by atoms with Crippen LogP contribution in [0, 0.1) is 6.92 Å². The number of carbonyl (C=O) groups excluding carboxylic acids is 1. The highest BCUT2D eigenvalue weighted by Crippen LogP contribution is 2.04. The van der Waals surface area contributed by atoms with E-state index >= 15 is 0 Å². The maximum absolute atomic E-state index is 11.9. The minimum atomic E-state index is -0.225. The topological polar surface area (TPSA) is 66.9 Å². The number of aryl methyl sites for hydroxylation is 1. The lowest BCUT2D eigenvalue weighted by molar-refractivity contribution is 0.0945. The average molecular weight is 256 g/mol. The van der Waals surface area contributed by atoms with E-state index in [1.54, 1.807) is 7.05 Å². The van der Waals surface area contributed by atoms with Crippen molar-refractivity contribution in [2.45, 2.75) is 13.5 Å². The van der Waals surface area contributed by atoms with Crippen LogP contribution in [0.25, 0.3) is 0 Å². The van der Waals surface area contributed by atoms with Crippen molar-refractivity contribution in [2.24, 2.45) is 0 Å². The minimum absolute atomic E-state index is 0.225. The first-order valence-electron chi connectivity index (χ1n) is 6.02. The number of carbonyl (C=O) groups is 1. The molecule has 98 valence electrons. The molecule has 0 radical (unpaired) electrons. The predicted octanol–water partition coefficient (Wildman–Crippen LogP) is 1.76. The van der Waals surface area contributed by atoms with E-state index in [1.807, 2.05) is 31.2 Å². The van der Waals surface area contributed by atoms with Crippen LogP contribution in [0.4, 0.5) is 5.82 Å². The van der Waals surface area contributed by atoms with Gasteiger partial charge >= 0.3 is 0 Å². The normalized spacial score (nSPS) is 10.0. The Morgan fingerprint density at radius 3 is 2.74 bits per heavy atom. The molecule has 19 heavy (non-hydrogen) atoms. The Morgan fingerprint density at radius 2 is 2.11 bits per heavy atom. The molecule has 5 heteroatoms. The molecule has 1 aromatic heterocycles. The second-order valence-corrected chi connectivity index (χ2v) is 4.21. The number of anilines is 1. The smallest absolute Gasteiger partial charge is 0.271 e. The van der Waals surface area contributed by atoms with Crippen molar-refractivity contribution in [1.29, 1.82) is 0 Å². The molecule has 2 aromatic rings. The Bertz CT molecular complexity index is 566. The van der Waals surface area contributed by atoms with E-state index in [4.69, 9.17) is 0 Å². The Kier molecular flexibility index (Phi) is 4.07. The van der Waals surface area contributed by atoms with Gasteiger partial charge in [-0.2, -0.15) is 0 Å². The Labute approximate surface area is 112 Å². The van der Waals surface area contributed by atoms with Crippen LogP contribution in [0.3, 0.4) is 0 Å². The number of rotatable bonds is 4. The second kappa shape index (κ2) is 5.95. The third-order valence-corrected chi connectivity index (χ3v) is 2.68. The largest absolute Gasteiger partial charge is 0.372 e. The zero-order valence-electron chi connectivity index (χ0n) is 11.0. The minimum Gasteiger partial charge on any atom is -0.372 e. The number of hydrogen-bond donors (Lipinski definition) is 2. The molecule has 0 aliphatic heterocycles. The number of benzene rings is 1. The molecule has 0 saturated carbocycles. The molecule has 0 fully saturated rings. The number of nitrogens with zero attached hydrogens (tertiary/aromatic N) is 2. The van der Waals surface area contributed by atoms with Gasteiger partial charge in [0.15, 0.2) is 0 Å². The number of aromatic nitrogens is 2. The molecule has 1 aromatic carbocycles. The summed E-state index contributed by atoms with van der Waals surface area (Å²) in [5.74, 6) is 0.409. The van der Waals surface area contributed by atoms with Crippen molar-refractivity contribution in [3.05, 3.63) is 53.5 Å². The van der Waals surface area contributed by atoms with Gasteiger partial charge in [-0.15, -0.1) is 0 Å². The molecule has 1 heterocycles. The highest BCUT2D eigenvalue weighted by Gasteiger charge is 2.07. The van der Waals surface area contributed by atoms with E-state index in [-0.39, 0.29) is 5.91 Å². The fourth-order valence-electron chi connectivity index (χ4n) is 1.67. The highest BCUT2D eigenvalue weighted by atomic mass is 16.1. The summed E-state index contributed by atoms with van der Waals surface area (Å²) < 4.78 is 0. The zero-order chi connectivity index (χ0) is 13.7. The first kappa shape index (κ1) is 13.0. The van der Waals surface area contributed by atoms with Crippen LogP contribution in [0.15, 0.2) is 36.7 Å². The summed E-state index contributed by atoms with van der Waals surface area (Å²) in [6, 6.07) is 8.00. The van der Waals surface area contributed by atoms with E-state index in [1.165, 1.54) is 18.0 Å². The van der Waals surface area contributed by atoms with Crippen molar-refractivity contribution < 1.29 is 4.79 Å². The fourth-order valence-corrected chi connectivity index (χ4v) is 1.67. The molecule has 0 aliphatic carbocycles. The summed E-state index contributed by atoms with van der Waals surface area (Å²) in [6.45, 7) is 2.50. The van der Waals surface area contributed by atoms with Gasteiger partial charge in [-0.05, 0) is 12.5 Å². The zero-order valence-corrected chi connectivity index (χ0v) is 11.0. The third-order valence-electron chi connectivity index (χ3n) is 2.68. The molecular weight excluding hydrogens is 240 g/mol. The summed E-state index contributed by atoms with van der Waals surface area (Å²) >= 11 is 0. The van der Waals surface area contributed by atoms with Crippen molar-refractivity contribution in [3.63, 3.8) is 0 Å². The van der Waals surface area contributed by atoms with Gasteiger partial charge in [0.25, 0.3) is 5.91 Å². The van der Waals surface area contributed by atoms with Crippen LogP contribution in [0.2, 0.25) is 0 Å². The van der Waals surface area contributed by atoms with Crippen molar-refractivity contribution in [1.82, 2.24) is 15.3 Å². The van der Waals surface area contributed by atoms with Gasteiger partial charge in [-0.3, -0.25) is 4.79 Å². The lowest BCUT2D eigenvalue weighted by atomic mass is 10.1. The Hall–Kier alpha value is -2.43. The van der Waals surface area contributed by atoms with Gasteiger partial charge in [0.05, 0.1) is 12.4 Å². The van der Waals surface area contributed by atoms with Crippen LogP contribution in [-0.2, 0) is 6.54 Å². The van der Waals surface area contributed by atoms with Gasteiger partial charge in [0.2, 0.25) is 0 Å². The summed E-state index contributed by atoms with van der Waals surface area (Å²) in [6.07, 6.45) is 2.99. The van der Waals surface area contributed by atoms with Gasteiger partial charge < -0.3 is 10.6 Å². The fraction of sp³-hybridized carbons (Fsp3) is 0.214. The summed E-state index contributed by atoms with van der Waals surface area (Å²) in [4.78, 5) is 20.0. The van der Waals surface area contributed by atoms with Crippen LogP contribution < -0.4 is 10.6 Å². The molecule has 0 bridgehead atoms. The van der Waals surface area contributed by atoms with Gasteiger partial charge in [0, 0.05) is 13.6 Å². The molecule has 0 atom stereocenters. The quantitative estimate of drug-likeness (QED) is 0.874.